The van der Waals surface area contributed by atoms with Gasteiger partial charge in [-0.15, -0.1) is 0 Å². The zero-order chi connectivity index (χ0) is 68.5. The summed E-state index contributed by atoms with van der Waals surface area (Å²) in [7, 11) is -5.26. The number of carboxylic acid groups (broad SMARTS) is 3. The van der Waals surface area contributed by atoms with Gasteiger partial charge in [-0.05, 0) is 106 Å². The quantitative estimate of drug-likeness (QED) is 0.0256. The number of carboxylic acids is 3. The molecular formula is C61H91F3N10O16S. The van der Waals surface area contributed by atoms with E-state index in [9.17, 15) is 69.5 Å². The number of carbonyl (C=O) groups is 9. The highest BCUT2D eigenvalue weighted by molar-refractivity contribution is 7.81. The first-order valence-electron chi connectivity index (χ1n) is 30.3. The molecule has 4 rings (SSSR count). The number of carbonyl (C=O) groups excluding carboxylic acids is 6. The fraction of sp³-hybridized carbons (Fsp3) is 0.590. The maximum Gasteiger partial charge on any atom is 0.488 e. The normalized spacial score (nSPS) is 13.7. The number of hydrogen-bond acceptors (Lipinski definition) is 17. The van der Waals surface area contributed by atoms with Gasteiger partial charge in [0.1, 0.15) is 30.2 Å². The highest BCUT2D eigenvalue weighted by Gasteiger charge is 2.47. The summed E-state index contributed by atoms with van der Waals surface area (Å²) in [5.41, 5.74) is 0.853. The first-order valence-corrected chi connectivity index (χ1v) is 31.6. The number of rotatable bonds is 37. The first-order chi connectivity index (χ1) is 43.0. The summed E-state index contributed by atoms with van der Waals surface area (Å²) < 4.78 is 72.2. The number of alkyl halides is 2. The molecule has 1 fully saturated rings. The second kappa shape index (κ2) is 44.3. The van der Waals surface area contributed by atoms with Crippen molar-refractivity contribution >= 4 is 74.8 Å². The van der Waals surface area contributed by atoms with Gasteiger partial charge in [0.25, 0.3) is 11.8 Å². The number of hydrogen-bond donors (Lipinski definition) is 8. The number of unbranched alkanes of at least 4 members (excludes halogenated alkanes) is 2. The predicted octanol–water partition coefficient (Wildman–Crippen LogP) is 5.64. The molecule has 0 aliphatic carbocycles. The first kappa shape index (κ1) is 80.8. The van der Waals surface area contributed by atoms with Crippen LogP contribution in [0.15, 0.2) is 54.7 Å². The Balaban J connectivity index is 0.00000144. The molecule has 1 aliphatic rings. The molecule has 1 saturated heterocycles. The summed E-state index contributed by atoms with van der Waals surface area (Å²) in [4.78, 5) is 116. The highest BCUT2D eigenvalue weighted by atomic mass is 32.3. The number of benzene rings is 2. The lowest BCUT2D eigenvalue weighted by atomic mass is 10.1. The Morgan fingerprint density at radius 3 is 1.90 bits per heavy atom. The van der Waals surface area contributed by atoms with E-state index in [4.69, 9.17) is 20.1 Å². The summed E-state index contributed by atoms with van der Waals surface area (Å²) in [6, 6.07) is 10.1. The van der Waals surface area contributed by atoms with E-state index in [1.807, 2.05) is 25.7 Å². The fourth-order valence-corrected chi connectivity index (χ4v) is 8.98. The van der Waals surface area contributed by atoms with Crippen molar-refractivity contribution < 1.29 is 88.5 Å². The lowest BCUT2D eigenvalue weighted by molar-refractivity contribution is -0.139. The molecule has 8 N–H and O–H groups in total. The number of aliphatic carboxylic acids is 3. The van der Waals surface area contributed by atoms with Gasteiger partial charge < -0.3 is 55.7 Å². The van der Waals surface area contributed by atoms with Gasteiger partial charge in [-0.2, -0.15) is 13.7 Å². The van der Waals surface area contributed by atoms with Gasteiger partial charge in [-0.1, -0.05) is 83.7 Å². The fourth-order valence-electron chi connectivity index (χ4n) is 8.64. The molecule has 30 heteroatoms. The Kier molecular flexibility index (Phi) is 39.4. The van der Waals surface area contributed by atoms with Gasteiger partial charge in [-0.25, -0.2) is 8.78 Å². The number of fused-ring (bicyclic) bond motifs is 1. The molecule has 26 nitrogen and oxygen atoms in total. The molecule has 2 aromatic carbocycles. The zero-order valence-corrected chi connectivity index (χ0v) is 53.8. The summed E-state index contributed by atoms with van der Waals surface area (Å²) in [5.74, 6) is -8.56. The highest BCUT2D eigenvalue weighted by Crippen LogP contribution is 2.32. The van der Waals surface area contributed by atoms with E-state index in [1.54, 1.807) is 25.1 Å². The van der Waals surface area contributed by atoms with E-state index in [1.165, 1.54) is 30.5 Å². The van der Waals surface area contributed by atoms with Crippen LogP contribution in [0.5, 0.6) is 11.5 Å². The van der Waals surface area contributed by atoms with E-state index < -0.39 is 95.5 Å². The third-order valence-corrected chi connectivity index (χ3v) is 13.7. The van der Waals surface area contributed by atoms with Crippen molar-refractivity contribution in [3.63, 3.8) is 0 Å². The number of halogens is 3. The van der Waals surface area contributed by atoms with Crippen molar-refractivity contribution in [1.29, 1.82) is 5.26 Å². The van der Waals surface area contributed by atoms with E-state index in [0.717, 1.165) is 88.2 Å². The lowest BCUT2D eigenvalue weighted by Crippen LogP contribution is -2.48. The standard InChI is InChI=1S/C44H56F3N9O10S.C8H17NO2.C6H12O2.C3H6O2/c1-3-5-6-21-55(20-4-2)28-40(59)51-18-17-50-38(57)14-13-37(54-39(58)23-30-7-9-32(10-8-30)66-67(47,63)64)43(62)52-19-22-65-33-11-12-36-35(24-33)34(15-16-49-36)42(61)53-27-41(60)56-29-44(45,46)25-31(56)26-48;1-3-5-9(6-4-2)7-8(10)11;1-3-5(2)4-6(7)8;1-2-3(4)5/h7-12,15-16,24,31,37H,3-6,13-14,17-23,25,27-29H2,1-2H3,(H,50,57)(H,51,59)(H,52,62)(H,53,61)(H,54,58);3-7H2,1-2H3,(H,10,11);5H,3-4H2,1-2H3,(H,7,8);2H2,1H3,(H,4,5). The van der Waals surface area contributed by atoms with Crippen LogP contribution in [0.2, 0.25) is 0 Å². The molecule has 6 amide bonds. The summed E-state index contributed by atoms with van der Waals surface area (Å²) in [5, 5.41) is 47.1. The Labute approximate surface area is 530 Å². The second-order valence-corrected chi connectivity index (χ2v) is 22.2. The van der Waals surface area contributed by atoms with Crippen molar-refractivity contribution in [2.45, 2.75) is 150 Å². The number of amides is 6. The largest absolute Gasteiger partial charge is 0.492 e. The Hall–Kier alpha value is -8.17. The molecule has 3 aromatic rings. The molecule has 0 bridgehead atoms. The molecule has 2 heterocycles. The van der Waals surface area contributed by atoms with E-state index in [0.29, 0.717) is 28.8 Å². The van der Waals surface area contributed by atoms with Crippen LogP contribution < -0.4 is 35.5 Å². The number of ether oxygens (including phenoxy) is 1. The number of likely N-dealkylation sites (tertiary alicyclic amines) is 1. The van der Waals surface area contributed by atoms with Gasteiger partial charge >= 0.3 is 28.4 Å². The van der Waals surface area contributed by atoms with Crippen molar-refractivity contribution in [1.82, 2.24) is 46.3 Å². The maximum absolute atomic E-state index is 13.9. The van der Waals surface area contributed by atoms with Crippen molar-refractivity contribution in [2.75, 3.05) is 78.6 Å². The third kappa shape index (κ3) is 36.3. The Morgan fingerprint density at radius 1 is 0.758 bits per heavy atom. The average molecular weight is 1310 g/mol. The third-order valence-electron chi connectivity index (χ3n) is 13.3. The minimum atomic E-state index is -5.26. The monoisotopic (exact) mass is 1310 g/mol. The van der Waals surface area contributed by atoms with Gasteiger partial charge in [0.2, 0.25) is 29.5 Å². The Morgan fingerprint density at radius 2 is 1.36 bits per heavy atom. The number of pyridine rings is 1. The SMILES string of the molecule is CCC(=O)O.CCC(C)CC(=O)O.CCCCCN(CCC)CC(=O)NCCNC(=O)CCC(NC(=O)Cc1ccc(OS(=O)(=O)F)cc1)C(=O)NCCOc1ccc2nccc(C(=O)NCC(=O)N3CC(F)(F)CC3C#N)c2c1.CCCN(CCC)CC(=O)O. The molecule has 0 spiro atoms. The summed E-state index contributed by atoms with van der Waals surface area (Å²) in [6.07, 6.45) is 7.56. The number of nitrogens with zero attached hydrogens (tertiary/aromatic N) is 5. The van der Waals surface area contributed by atoms with Crippen LogP contribution in [0.3, 0.4) is 0 Å². The molecule has 508 valence electrons. The van der Waals surface area contributed by atoms with E-state index in [2.05, 4.69) is 61.4 Å². The van der Waals surface area contributed by atoms with Crippen molar-refractivity contribution in [3.8, 4) is 17.6 Å². The number of nitrogens with one attached hydrogen (secondary N) is 5. The van der Waals surface area contributed by atoms with Crippen molar-refractivity contribution in [2.24, 2.45) is 5.92 Å². The average Bonchev–Trinajstić information content (AvgIpc) is 1.85. The van der Waals surface area contributed by atoms with Crippen LogP contribution in [0.25, 0.3) is 10.9 Å². The topological polar surface area (TPSA) is 373 Å². The Bertz CT molecular complexity index is 2930. The minimum Gasteiger partial charge on any atom is -0.492 e. The zero-order valence-electron chi connectivity index (χ0n) is 53.0. The van der Waals surface area contributed by atoms with Crippen LogP contribution in [-0.2, 0) is 55.3 Å². The molecule has 3 atom stereocenters. The number of nitriles is 1. The smallest absolute Gasteiger partial charge is 0.488 e. The number of aromatic nitrogens is 1. The molecule has 0 saturated carbocycles. The van der Waals surface area contributed by atoms with Gasteiger partial charge in [-0.3, -0.25) is 57.9 Å². The van der Waals surface area contributed by atoms with E-state index in [-0.39, 0.29) is 88.0 Å². The molecule has 1 aliphatic heterocycles. The van der Waals surface area contributed by atoms with Gasteiger partial charge in [0, 0.05) is 50.4 Å². The molecule has 0 radical (unpaired) electrons. The van der Waals surface area contributed by atoms with Crippen LogP contribution >= 0.6 is 0 Å². The molecular weight excluding hydrogens is 1220 g/mol. The van der Waals surface area contributed by atoms with Crippen molar-refractivity contribution in [3.05, 3.63) is 65.9 Å². The van der Waals surface area contributed by atoms with Crippen LogP contribution in [0, 0.1) is 17.2 Å². The van der Waals surface area contributed by atoms with E-state index >= 15 is 0 Å². The maximum atomic E-state index is 13.9. The van der Waals surface area contributed by atoms with Crippen LogP contribution in [0.4, 0.5) is 12.7 Å². The van der Waals surface area contributed by atoms with Crippen LogP contribution in [-0.4, -0.2) is 193 Å². The second-order valence-electron chi connectivity index (χ2n) is 21.3. The summed E-state index contributed by atoms with van der Waals surface area (Å²) in [6.45, 7) is 16.2. The molecule has 91 heavy (non-hydrogen) atoms. The molecule has 3 unspecified atom stereocenters. The summed E-state index contributed by atoms with van der Waals surface area (Å²) >= 11 is 0. The lowest BCUT2D eigenvalue weighted by Gasteiger charge is -2.21. The molecule has 1 aromatic heterocycles. The van der Waals surface area contributed by atoms with Gasteiger partial charge in [0.05, 0.1) is 56.3 Å². The van der Waals surface area contributed by atoms with Crippen LogP contribution in [0.1, 0.15) is 141 Å². The van der Waals surface area contributed by atoms with Gasteiger partial charge in [0.15, 0.2) is 0 Å². The minimum absolute atomic E-state index is 0.0793. The predicted molar refractivity (Wildman–Crippen MR) is 332 cm³/mol.